The minimum Gasteiger partial charge on any atom is -0.271 e. The highest BCUT2D eigenvalue weighted by molar-refractivity contribution is 7.11. The normalized spacial score (nSPS) is 12.6. The molecule has 1 atom stereocenters. The van der Waals surface area contributed by atoms with Gasteiger partial charge in [0.2, 0.25) is 0 Å². The molecule has 102 valence electrons. The Bertz CT molecular complexity index is 531. The summed E-state index contributed by atoms with van der Waals surface area (Å²) in [6, 6.07) is 8.89. The van der Waals surface area contributed by atoms with Crippen molar-refractivity contribution in [2.75, 3.05) is 0 Å². The largest absolute Gasteiger partial charge is 0.271 e. The Morgan fingerprint density at radius 3 is 2.32 bits per heavy atom. The quantitative estimate of drug-likeness (QED) is 0.651. The highest BCUT2D eigenvalue weighted by atomic mass is 32.1. The summed E-state index contributed by atoms with van der Waals surface area (Å²) in [6.45, 7) is 6.25. The van der Waals surface area contributed by atoms with Gasteiger partial charge in [0.15, 0.2) is 0 Å². The molecule has 19 heavy (non-hydrogen) atoms. The fraction of sp³-hybridized carbons (Fsp3) is 0.400. The van der Waals surface area contributed by atoms with Crippen molar-refractivity contribution in [3.05, 3.63) is 51.0 Å². The molecule has 0 aliphatic rings. The van der Waals surface area contributed by atoms with Crippen molar-refractivity contribution in [2.45, 2.75) is 39.7 Å². The molecule has 4 heteroatoms. The molecule has 0 spiro atoms. The molecule has 0 radical (unpaired) electrons. The first kappa shape index (κ1) is 14.2. The summed E-state index contributed by atoms with van der Waals surface area (Å²) >= 11 is 1.72. The molecular weight excluding hydrogens is 254 g/mol. The zero-order valence-electron chi connectivity index (χ0n) is 11.7. The second kappa shape index (κ2) is 6.28. The molecule has 0 aliphatic carbocycles. The van der Waals surface area contributed by atoms with Crippen LogP contribution in [0.15, 0.2) is 24.3 Å². The Hall–Kier alpha value is -1.23. The molecule has 0 aliphatic heterocycles. The second-order valence-corrected chi connectivity index (χ2v) is 6.01. The van der Waals surface area contributed by atoms with Crippen LogP contribution in [0, 0.1) is 13.8 Å². The van der Waals surface area contributed by atoms with Gasteiger partial charge in [-0.05, 0) is 37.8 Å². The number of rotatable bonds is 5. The molecule has 1 unspecified atom stereocenters. The fourth-order valence-electron chi connectivity index (χ4n) is 2.24. The lowest BCUT2D eigenvalue weighted by molar-refractivity contribution is 0.557. The van der Waals surface area contributed by atoms with E-state index in [1.165, 1.54) is 16.0 Å². The van der Waals surface area contributed by atoms with E-state index in [1.54, 1.807) is 11.3 Å². The van der Waals surface area contributed by atoms with Crippen LogP contribution < -0.4 is 11.3 Å². The third-order valence-corrected chi connectivity index (χ3v) is 4.51. The predicted molar refractivity (Wildman–Crippen MR) is 81.2 cm³/mol. The van der Waals surface area contributed by atoms with Crippen molar-refractivity contribution in [2.24, 2.45) is 5.84 Å². The van der Waals surface area contributed by atoms with E-state index in [9.17, 15) is 0 Å². The van der Waals surface area contributed by atoms with Crippen molar-refractivity contribution in [3.63, 3.8) is 0 Å². The number of nitrogens with two attached hydrogens (primary N) is 1. The van der Waals surface area contributed by atoms with Crippen LogP contribution in [0.2, 0.25) is 0 Å². The average Bonchev–Trinajstić information content (AvgIpc) is 2.75. The maximum Gasteiger partial charge on any atom is 0.0900 e. The SMILES string of the molecule is CCc1ccc(CC(NN)c2sc(C)nc2C)cc1. The van der Waals surface area contributed by atoms with E-state index in [-0.39, 0.29) is 6.04 Å². The lowest BCUT2D eigenvalue weighted by Crippen LogP contribution is -2.29. The first-order chi connectivity index (χ1) is 9.13. The lowest BCUT2D eigenvalue weighted by Gasteiger charge is -2.15. The maximum absolute atomic E-state index is 5.72. The standard InChI is InChI=1S/C15H21N3S/c1-4-12-5-7-13(8-6-12)9-14(18-16)15-10(2)17-11(3)19-15/h5-8,14,18H,4,9,16H2,1-3H3. The predicted octanol–water partition coefficient (Wildman–Crippen LogP) is 3.07. The van der Waals surface area contributed by atoms with E-state index in [4.69, 9.17) is 5.84 Å². The Balaban J connectivity index is 2.16. The van der Waals surface area contributed by atoms with Crippen LogP contribution in [-0.2, 0) is 12.8 Å². The van der Waals surface area contributed by atoms with Crippen molar-refractivity contribution >= 4 is 11.3 Å². The van der Waals surface area contributed by atoms with Crippen LogP contribution >= 0.6 is 11.3 Å². The minimum atomic E-state index is 0.138. The van der Waals surface area contributed by atoms with Crippen LogP contribution in [0.4, 0.5) is 0 Å². The van der Waals surface area contributed by atoms with Gasteiger partial charge in [0.1, 0.15) is 0 Å². The van der Waals surface area contributed by atoms with Crippen molar-refractivity contribution in [1.82, 2.24) is 10.4 Å². The molecule has 2 rings (SSSR count). The molecule has 0 fully saturated rings. The monoisotopic (exact) mass is 275 g/mol. The number of hydrazine groups is 1. The number of nitrogens with zero attached hydrogens (tertiary/aromatic N) is 1. The number of thiazole rings is 1. The summed E-state index contributed by atoms with van der Waals surface area (Å²) in [5.74, 6) is 5.72. The number of hydrogen-bond acceptors (Lipinski definition) is 4. The smallest absolute Gasteiger partial charge is 0.0900 e. The zero-order chi connectivity index (χ0) is 13.8. The van der Waals surface area contributed by atoms with Crippen LogP contribution in [0.3, 0.4) is 0 Å². The first-order valence-electron chi connectivity index (χ1n) is 6.62. The van der Waals surface area contributed by atoms with Crippen molar-refractivity contribution in [3.8, 4) is 0 Å². The highest BCUT2D eigenvalue weighted by Gasteiger charge is 2.16. The van der Waals surface area contributed by atoms with Crippen molar-refractivity contribution < 1.29 is 0 Å². The summed E-state index contributed by atoms with van der Waals surface area (Å²) in [6.07, 6.45) is 1.97. The zero-order valence-corrected chi connectivity index (χ0v) is 12.6. The molecule has 0 bridgehead atoms. The number of nitrogens with one attached hydrogen (secondary N) is 1. The molecule has 0 saturated heterocycles. The van der Waals surface area contributed by atoms with Crippen LogP contribution in [0.5, 0.6) is 0 Å². The van der Waals surface area contributed by atoms with E-state index < -0.39 is 0 Å². The van der Waals surface area contributed by atoms with Crippen LogP contribution in [0.25, 0.3) is 0 Å². The Kier molecular flexibility index (Phi) is 4.69. The number of benzene rings is 1. The van der Waals surface area contributed by atoms with Gasteiger partial charge in [-0.25, -0.2) is 4.98 Å². The minimum absolute atomic E-state index is 0.138. The van der Waals surface area contributed by atoms with Gasteiger partial charge in [-0.2, -0.15) is 0 Å². The second-order valence-electron chi connectivity index (χ2n) is 4.78. The fourth-order valence-corrected chi connectivity index (χ4v) is 3.23. The van der Waals surface area contributed by atoms with E-state index in [0.717, 1.165) is 23.5 Å². The molecule has 1 aromatic heterocycles. The van der Waals surface area contributed by atoms with Gasteiger partial charge in [0, 0.05) is 4.88 Å². The van der Waals surface area contributed by atoms with E-state index in [2.05, 4.69) is 41.6 Å². The molecule has 0 amide bonds. The topological polar surface area (TPSA) is 50.9 Å². The van der Waals surface area contributed by atoms with Gasteiger partial charge in [-0.15, -0.1) is 11.3 Å². The Morgan fingerprint density at radius 2 is 1.84 bits per heavy atom. The molecule has 1 aromatic carbocycles. The van der Waals surface area contributed by atoms with E-state index in [0.29, 0.717) is 0 Å². The van der Waals surface area contributed by atoms with Crippen LogP contribution in [0.1, 0.15) is 39.7 Å². The summed E-state index contributed by atoms with van der Waals surface area (Å²) in [7, 11) is 0. The Morgan fingerprint density at radius 1 is 1.21 bits per heavy atom. The third-order valence-electron chi connectivity index (χ3n) is 3.33. The summed E-state index contributed by atoms with van der Waals surface area (Å²) in [5, 5.41) is 1.09. The van der Waals surface area contributed by atoms with Gasteiger partial charge < -0.3 is 0 Å². The van der Waals surface area contributed by atoms with E-state index in [1.807, 2.05) is 13.8 Å². The van der Waals surface area contributed by atoms with Crippen LogP contribution in [-0.4, -0.2) is 4.98 Å². The van der Waals surface area contributed by atoms with Gasteiger partial charge in [0.25, 0.3) is 0 Å². The summed E-state index contributed by atoms with van der Waals surface area (Å²) in [4.78, 5) is 5.71. The lowest BCUT2D eigenvalue weighted by atomic mass is 10.0. The van der Waals surface area contributed by atoms with Gasteiger partial charge >= 0.3 is 0 Å². The summed E-state index contributed by atoms with van der Waals surface area (Å²) < 4.78 is 0. The number of aryl methyl sites for hydroxylation is 3. The molecule has 1 heterocycles. The third kappa shape index (κ3) is 3.41. The maximum atomic E-state index is 5.72. The van der Waals surface area contributed by atoms with Gasteiger partial charge in [0.05, 0.1) is 16.7 Å². The summed E-state index contributed by atoms with van der Waals surface area (Å²) in [5.41, 5.74) is 6.66. The average molecular weight is 275 g/mol. The van der Waals surface area contributed by atoms with Gasteiger partial charge in [-0.1, -0.05) is 31.2 Å². The molecule has 3 nitrogen and oxygen atoms in total. The molecular formula is C15H21N3S. The van der Waals surface area contributed by atoms with Crippen molar-refractivity contribution in [1.29, 1.82) is 0 Å². The Labute approximate surface area is 118 Å². The molecule has 2 aromatic rings. The molecule has 3 N–H and O–H groups in total. The van der Waals surface area contributed by atoms with E-state index >= 15 is 0 Å². The first-order valence-corrected chi connectivity index (χ1v) is 7.43. The highest BCUT2D eigenvalue weighted by Crippen LogP contribution is 2.27. The number of hydrogen-bond donors (Lipinski definition) is 2. The molecule has 0 saturated carbocycles. The van der Waals surface area contributed by atoms with Gasteiger partial charge in [-0.3, -0.25) is 11.3 Å². The number of aromatic nitrogens is 1.